The van der Waals surface area contributed by atoms with Gasteiger partial charge in [0.15, 0.2) is 20.4 Å². The summed E-state index contributed by atoms with van der Waals surface area (Å²) in [5.41, 5.74) is 0.385. The molecule has 1 aromatic carbocycles. The Balaban J connectivity index is 1.87. The topological polar surface area (TPSA) is 60.1 Å². The summed E-state index contributed by atoms with van der Waals surface area (Å²) in [4.78, 5) is 1.93. The standard InChI is InChI=1S/C15H19FN4O2S2/c1-18(11-7-8-24(21,22)9-11)10-20-15(23)19(2)14(17-20)12-5-3-4-6-13(12)16/h3-6,11H,7-10H2,1-2H3/t11-/m1/s1. The molecule has 1 fully saturated rings. The van der Waals surface area contributed by atoms with E-state index in [1.165, 1.54) is 6.07 Å². The third kappa shape index (κ3) is 3.28. The maximum Gasteiger partial charge on any atom is 0.199 e. The lowest BCUT2D eigenvalue weighted by atomic mass is 10.2. The molecular weight excluding hydrogens is 351 g/mol. The maximum atomic E-state index is 14.0. The van der Waals surface area contributed by atoms with Crippen molar-refractivity contribution in [3.63, 3.8) is 0 Å². The first-order valence-electron chi connectivity index (χ1n) is 7.58. The van der Waals surface area contributed by atoms with Crippen LogP contribution in [0.15, 0.2) is 24.3 Å². The van der Waals surface area contributed by atoms with Crippen LogP contribution in [0.1, 0.15) is 6.42 Å². The van der Waals surface area contributed by atoms with Gasteiger partial charge in [-0.15, -0.1) is 0 Å². The van der Waals surface area contributed by atoms with Gasteiger partial charge in [0, 0.05) is 13.1 Å². The van der Waals surface area contributed by atoms with Crippen molar-refractivity contribution in [1.29, 1.82) is 0 Å². The number of sulfone groups is 1. The van der Waals surface area contributed by atoms with E-state index in [1.807, 2.05) is 11.9 Å². The molecule has 1 atom stereocenters. The molecular formula is C15H19FN4O2S2. The largest absolute Gasteiger partial charge is 0.303 e. The molecule has 0 saturated carbocycles. The number of benzene rings is 1. The van der Waals surface area contributed by atoms with Crippen LogP contribution in [0.2, 0.25) is 0 Å². The summed E-state index contributed by atoms with van der Waals surface area (Å²) in [5, 5.41) is 4.43. The molecule has 1 saturated heterocycles. The average molecular weight is 370 g/mol. The molecule has 1 aliphatic heterocycles. The number of nitrogens with zero attached hydrogens (tertiary/aromatic N) is 4. The summed E-state index contributed by atoms with van der Waals surface area (Å²) < 4.78 is 41.0. The zero-order chi connectivity index (χ0) is 17.5. The molecule has 24 heavy (non-hydrogen) atoms. The molecule has 0 amide bonds. The van der Waals surface area contributed by atoms with E-state index in [9.17, 15) is 12.8 Å². The van der Waals surface area contributed by atoms with E-state index in [0.717, 1.165) is 0 Å². The Bertz CT molecular complexity index is 920. The minimum absolute atomic E-state index is 0.0455. The van der Waals surface area contributed by atoms with Crippen LogP contribution >= 0.6 is 12.2 Å². The Kier molecular flexibility index (Phi) is 4.58. The second kappa shape index (κ2) is 6.38. The summed E-state index contributed by atoms with van der Waals surface area (Å²) >= 11 is 5.39. The van der Waals surface area contributed by atoms with Crippen LogP contribution in [-0.4, -0.2) is 52.3 Å². The van der Waals surface area contributed by atoms with Crippen LogP contribution < -0.4 is 0 Å². The number of aromatic nitrogens is 3. The molecule has 0 unspecified atom stereocenters. The predicted octanol–water partition coefficient (Wildman–Crippen LogP) is 1.83. The first kappa shape index (κ1) is 17.2. The van der Waals surface area contributed by atoms with Crippen molar-refractivity contribution < 1.29 is 12.8 Å². The molecule has 1 aromatic heterocycles. The molecule has 2 aromatic rings. The molecule has 3 rings (SSSR count). The minimum Gasteiger partial charge on any atom is -0.303 e. The van der Waals surface area contributed by atoms with E-state index >= 15 is 0 Å². The summed E-state index contributed by atoms with van der Waals surface area (Å²) in [5.74, 6) is 0.466. The first-order chi connectivity index (χ1) is 11.3. The Morgan fingerprint density at radius 1 is 1.42 bits per heavy atom. The molecule has 2 heterocycles. The second-order valence-electron chi connectivity index (χ2n) is 6.10. The van der Waals surface area contributed by atoms with Gasteiger partial charge in [-0.25, -0.2) is 17.5 Å². The SMILES string of the molecule is CN(Cn1nc(-c2ccccc2F)n(C)c1=S)[C@@H]1CCS(=O)(=O)C1. The van der Waals surface area contributed by atoms with Gasteiger partial charge in [0.05, 0.1) is 23.7 Å². The minimum atomic E-state index is -2.95. The van der Waals surface area contributed by atoms with Crippen LogP contribution in [0.25, 0.3) is 11.4 Å². The maximum absolute atomic E-state index is 14.0. The van der Waals surface area contributed by atoms with Crippen molar-refractivity contribution in [1.82, 2.24) is 19.2 Å². The van der Waals surface area contributed by atoms with E-state index in [-0.39, 0.29) is 23.4 Å². The van der Waals surface area contributed by atoms with Gasteiger partial charge in [0.25, 0.3) is 0 Å². The molecule has 1 aliphatic rings. The lowest BCUT2D eigenvalue weighted by Gasteiger charge is -2.22. The third-order valence-electron chi connectivity index (χ3n) is 4.34. The van der Waals surface area contributed by atoms with Gasteiger partial charge < -0.3 is 4.57 Å². The number of hydrogen-bond donors (Lipinski definition) is 0. The van der Waals surface area contributed by atoms with Crippen LogP contribution in [0.3, 0.4) is 0 Å². The lowest BCUT2D eigenvalue weighted by Crippen LogP contribution is -2.34. The molecule has 0 aliphatic carbocycles. The summed E-state index contributed by atoms with van der Waals surface area (Å²) in [6.45, 7) is 0.362. The average Bonchev–Trinajstić information content (AvgIpc) is 3.02. The molecule has 0 N–H and O–H groups in total. The highest BCUT2D eigenvalue weighted by Crippen LogP contribution is 2.22. The van der Waals surface area contributed by atoms with Crippen molar-refractivity contribution in [3.05, 3.63) is 34.9 Å². The lowest BCUT2D eigenvalue weighted by molar-refractivity contribution is 0.196. The molecule has 0 radical (unpaired) electrons. The Labute approximate surface area is 145 Å². The van der Waals surface area contributed by atoms with E-state index in [0.29, 0.717) is 29.2 Å². The van der Waals surface area contributed by atoms with Crippen molar-refractivity contribution in [2.45, 2.75) is 19.1 Å². The van der Waals surface area contributed by atoms with Gasteiger partial charge in [0.2, 0.25) is 0 Å². The predicted molar refractivity (Wildman–Crippen MR) is 92.2 cm³/mol. The highest BCUT2D eigenvalue weighted by molar-refractivity contribution is 7.91. The Hall–Kier alpha value is -1.58. The summed E-state index contributed by atoms with van der Waals surface area (Å²) in [7, 11) is 0.649. The highest BCUT2D eigenvalue weighted by Gasteiger charge is 2.31. The third-order valence-corrected chi connectivity index (χ3v) is 6.58. The quantitative estimate of drug-likeness (QED) is 0.769. The molecule has 9 heteroatoms. The van der Waals surface area contributed by atoms with Gasteiger partial charge in [-0.3, -0.25) is 4.90 Å². The molecule has 0 spiro atoms. The van der Waals surface area contributed by atoms with E-state index < -0.39 is 9.84 Å². The number of halogens is 1. The number of rotatable bonds is 4. The van der Waals surface area contributed by atoms with Crippen molar-refractivity contribution in [2.24, 2.45) is 7.05 Å². The fourth-order valence-electron chi connectivity index (χ4n) is 2.91. The fourth-order valence-corrected chi connectivity index (χ4v) is 4.90. The van der Waals surface area contributed by atoms with Gasteiger partial charge in [-0.2, -0.15) is 5.10 Å². The van der Waals surface area contributed by atoms with Crippen LogP contribution in [0, 0.1) is 10.6 Å². The summed E-state index contributed by atoms with van der Waals surface area (Å²) in [6, 6.07) is 6.36. The van der Waals surface area contributed by atoms with Crippen molar-refractivity contribution >= 4 is 22.1 Å². The molecule has 0 bridgehead atoms. The fraction of sp³-hybridized carbons (Fsp3) is 0.467. The highest BCUT2D eigenvalue weighted by atomic mass is 32.2. The zero-order valence-corrected chi connectivity index (χ0v) is 15.1. The second-order valence-corrected chi connectivity index (χ2v) is 8.69. The van der Waals surface area contributed by atoms with Gasteiger partial charge in [-0.1, -0.05) is 12.1 Å². The molecule has 130 valence electrons. The number of hydrogen-bond acceptors (Lipinski definition) is 5. The van der Waals surface area contributed by atoms with Gasteiger partial charge in [0.1, 0.15) is 5.82 Å². The Morgan fingerprint density at radius 2 is 2.12 bits per heavy atom. The van der Waals surface area contributed by atoms with Crippen molar-refractivity contribution in [2.75, 3.05) is 18.6 Å². The van der Waals surface area contributed by atoms with E-state index in [4.69, 9.17) is 12.2 Å². The van der Waals surface area contributed by atoms with E-state index in [2.05, 4.69) is 5.10 Å². The van der Waals surface area contributed by atoms with Gasteiger partial charge in [-0.05, 0) is 37.8 Å². The Morgan fingerprint density at radius 3 is 2.75 bits per heavy atom. The first-order valence-corrected chi connectivity index (χ1v) is 9.81. The smallest absolute Gasteiger partial charge is 0.199 e. The van der Waals surface area contributed by atoms with Crippen LogP contribution in [0.5, 0.6) is 0 Å². The van der Waals surface area contributed by atoms with Crippen molar-refractivity contribution in [3.8, 4) is 11.4 Å². The van der Waals surface area contributed by atoms with Crippen LogP contribution in [0.4, 0.5) is 4.39 Å². The van der Waals surface area contributed by atoms with Gasteiger partial charge >= 0.3 is 0 Å². The monoisotopic (exact) mass is 370 g/mol. The normalized spacial score (nSPS) is 19.9. The zero-order valence-electron chi connectivity index (χ0n) is 13.5. The van der Waals surface area contributed by atoms with E-state index in [1.54, 1.807) is 34.5 Å². The van der Waals surface area contributed by atoms with Crippen LogP contribution in [-0.2, 0) is 23.6 Å². The molecule has 6 nitrogen and oxygen atoms in total. The summed E-state index contributed by atoms with van der Waals surface area (Å²) in [6.07, 6.45) is 0.610.